The van der Waals surface area contributed by atoms with E-state index in [1.165, 1.54) is 0 Å². The lowest BCUT2D eigenvalue weighted by Crippen LogP contribution is -1.92. The maximum Gasteiger partial charge on any atom is 0.230 e. The van der Waals surface area contributed by atoms with Crippen LogP contribution < -0.4 is 10.5 Å². The number of rotatable bonds is 3. The average molecular weight is 270 g/mol. The van der Waals surface area contributed by atoms with Crippen LogP contribution in [0.15, 0.2) is 41.3 Å². The minimum atomic E-state index is 0.246. The van der Waals surface area contributed by atoms with Gasteiger partial charge in [0.25, 0.3) is 0 Å². The molecular formula is C14H14N4O2. The van der Waals surface area contributed by atoms with E-state index in [4.69, 9.17) is 15.0 Å². The lowest BCUT2D eigenvalue weighted by molar-refractivity contribution is 0.416. The van der Waals surface area contributed by atoms with E-state index in [0.29, 0.717) is 22.7 Å². The maximum absolute atomic E-state index is 5.92. The molecule has 2 heterocycles. The fraction of sp³-hybridized carbons (Fsp3) is 0.143. The van der Waals surface area contributed by atoms with Gasteiger partial charge in [0.2, 0.25) is 5.88 Å². The summed E-state index contributed by atoms with van der Waals surface area (Å²) in [6.07, 6.45) is 3.56. The Labute approximate surface area is 115 Å². The topological polar surface area (TPSA) is 79.1 Å². The van der Waals surface area contributed by atoms with Crippen molar-refractivity contribution in [1.29, 1.82) is 0 Å². The Hall–Kier alpha value is -2.76. The van der Waals surface area contributed by atoms with E-state index in [1.807, 2.05) is 42.1 Å². The first-order chi connectivity index (χ1) is 9.70. The van der Waals surface area contributed by atoms with E-state index in [1.54, 1.807) is 13.4 Å². The van der Waals surface area contributed by atoms with Gasteiger partial charge >= 0.3 is 0 Å². The molecule has 102 valence electrons. The number of imidazole rings is 1. The van der Waals surface area contributed by atoms with Crippen molar-refractivity contribution in [3.8, 4) is 28.3 Å². The standard InChI is InChI=1S/C14H14N4O2/c1-18-7-10(16-8-18)13-12(14(15)20-17-13)9-5-3-4-6-11(9)19-2/h3-8H,15H2,1-2H3. The molecule has 0 atom stereocenters. The molecule has 20 heavy (non-hydrogen) atoms. The summed E-state index contributed by atoms with van der Waals surface area (Å²) in [6.45, 7) is 0. The zero-order chi connectivity index (χ0) is 14.1. The van der Waals surface area contributed by atoms with Crippen molar-refractivity contribution >= 4 is 5.88 Å². The number of nitrogens with zero attached hydrogens (tertiary/aromatic N) is 3. The normalized spacial score (nSPS) is 10.7. The molecule has 0 unspecified atom stereocenters. The van der Waals surface area contributed by atoms with Gasteiger partial charge in [-0.25, -0.2) is 4.98 Å². The van der Waals surface area contributed by atoms with Crippen LogP contribution in [0.3, 0.4) is 0 Å². The molecule has 0 aliphatic carbocycles. The van der Waals surface area contributed by atoms with Crippen molar-refractivity contribution in [2.24, 2.45) is 7.05 Å². The van der Waals surface area contributed by atoms with Gasteiger partial charge < -0.3 is 19.6 Å². The Bertz CT molecular complexity index is 745. The molecule has 0 aliphatic heterocycles. The van der Waals surface area contributed by atoms with Crippen LogP contribution >= 0.6 is 0 Å². The Kier molecular flexibility index (Phi) is 2.90. The number of ether oxygens (including phenoxy) is 1. The van der Waals surface area contributed by atoms with E-state index in [0.717, 1.165) is 5.56 Å². The molecule has 0 aliphatic rings. The Morgan fingerprint density at radius 3 is 2.80 bits per heavy atom. The molecule has 0 saturated heterocycles. The van der Waals surface area contributed by atoms with Crippen LogP contribution in [-0.4, -0.2) is 21.8 Å². The molecule has 1 aromatic carbocycles. The molecule has 0 fully saturated rings. The fourth-order valence-corrected chi connectivity index (χ4v) is 2.12. The number of hydrogen-bond acceptors (Lipinski definition) is 5. The molecule has 0 saturated carbocycles. The molecule has 0 radical (unpaired) electrons. The number of nitrogens with two attached hydrogens (primary N) is 1. The van der Waals surface area contributed by atoms with E-state index in [9.17, 15) is 0 Å². The SMILES string of the molecule is COc1ccccc1-c1c(-c2cn(C)cn2)noc1N. The number of aryl methyl sites for hydroxylation is 1. The molecule has 0 amide bonds. The van der Waals surface area contributed by atoms with Gasteiger partial charge in [0.1, 0.15) is 17.1 Å². The predicted octanol–water partition coefficient (Wildman–Crippen LogP) is 2.33. The van der Waals surface area contributed by atoms with Crippen LogP contribution in [0.25, 0.3) is 22.5 Å². The van der Waals surface area contributed by atoms with Crippen LogP contribution in [-0.2, 0) is 7.05 Å². The van der Waals surface area contributed by atoms with E-state index >= 15 is 0 Å². The Morgan fingerprint density at radius 2 is 2.10 bits per heavy atom. The molecule has 6 nitrogen and oxygen atoms in total. The highest BCUT2D eigenvalue weighted by Gasteiger charge is 2.21. The zero-order valence-corrected chi connectivity index (χ0v) is 11.2. The lowest BCUT2D eigenvalue weighted by atomic mass is 10.0. The number of nitrogen functional groups attached to an aromatic ring is 1. The molecule has 3 aromatic rings. The van der Waals surface area contributed by atoms with Crippen molar-refractivity contribution in [1.82, 2.24) is 14.7 Å². The third-order valence-electron chi connectivity index (χ3n) is 3.04. The number of aromatic nitrogens is 3. The monoisotopic (exact) mass is 270 g/mol. The summed E-state index contributed by atoms with van der Waals surface area (Å²) in [4.78, 5) is 4.29. The molecule has 0 bridgehead atoms. The van der Waals surface area contributed by atoms with Gasteiger partial charge in [-0.3, -0.25) is 0 Å². The highest BCUT2D eigenvalue weighted by Crippen LogP contribution is 2.39. The number of benzene rings is 1. The van der Waals surface area contributed by atoms with Gasteiger partial charge in [-0.05, 0) is 6.07 Å². The van der Waals surface area contributed by atoms with Gasteiger partial charge in [0, 0.05) is 18.8 Å². The van der Waals surface area contributed by atoms with Crippen molar-refractivity contribution in [2.45, 2.75) is 0 Å². The minimum absolute atomic E-state index is 0.246. The molecule has 3 rings (SSSR count). The summed E-state index contributed by atoms with van der Waals surface area (Å²) in [6, 6.07) is 7.58. The summed E-state index contributed by atoms with van der Waals surface area (Å²) >= 11 is 0. The van der Waals surface area contributed by atoms with E-state index in [2.05, 4.69) is 10.1 Å². The molecular weight excluding hydrogens is 256 g/mol. The van der Waals surface area contributed by atoms with Crippen molar-refractivity contribution < 1.29 is 9.26 Å². The van der Waals surface area contributed by atoms with Gasteiger partial charge in [0.15, 0.2) is 0 Å². The van der Waals surface area contributed by atoms with Crippen LogP contribution in [0.5, 0.6) is 5.75 Å². The van der Waals surface area contributed by atoms with Crippen LogP contribution in [0.1, 0.15) is 0 Å². The van der Waals surface area contributed by atoms with Crippen molar-refractivity contribution in [3.63, 3.8) is 0 Å². The van der Waals surface area contributed by atoms with Crippen LogP contribution in [0, 0.1) is 0 Å². The maximum atomic E-state index is 5.92. The third kappa shape index (κ3) is 1.91. The number of hydrogen-bond donors (Lipinski definition) is 1. The van der Waals surface area contributed by atoms with Crippen molar-refractivity contribution in [3.05, 3.63) is 36.8 Å². The molecule has 2 N–H and O–H groups in total. The second-order valence-electron chi connectivity index (χ2n) is 4.40. The first-order valence-corrected chi connectivity index (χ1v) is 6.07. The predicted molar refractivity (Wildman–Crippen MR) is 75.1 cm³/mol. The van der Waals surface area contributed by atoms with Gasteiger partial charge in [-0.1, -0.05) is 23.4 Å². The number of methoxy groups -OCH3 is 1. The molecule has 0 spiro atoms. The number of anilines is 1. The highest BCUT2D eigenvalue weighted by atomic mass is 16.5. The summed E-state index contributed by atoms with van der Waals surface area (Å²) in [7, 11) is 3.51. The zero-order valence-electron chi connectivity index (χ0n) is 11.2. The summed E-state index contributed by atoms with van der Waals surface area (Å²) < 4.78 is 12.3. The largest absolute Gasteiger partial charge is 0.496 e. The van der Waals surface area contributed by atoms with Crippen LogP contribution in [0.4, 0.5) is 5.88 Å². The smallest absolute Gasteiger partial charge is 0.230 e. The van der Waals surface area contributed by atoms with Gasteiger partial charge in [0.05, 0.1) is 19.0 Å². The second kappa shape index (κ2) is 4.73. The summed E-state index contributed by atoms with van der Waals surface area (Å²) in [5.41, 5.74) is 8.75. The lowest BCUT2D eigenvalue weighted by Gasteiger charge is -2.07. The van der Waals surface area contributed by atoms with Gasteiger partial charge in [-0.2, -0.15) is 0 Å². The molecule has 6 heteroatoms. The first kappa shape index (κ1) is 12.3. The summed E-state index contributed by atoms with van der Waals surface area (Å²) in [5.74, 6) is 0.953. The Morgan fingerprint density at radius 1 is 1.30 bits per heavy atom. The Balaban J connectivity index is 2.21. The molecule has 2 aromatic heterocycles. The van der Waals surface area contributed by atoms with E-state index in [-0.39, 0.29) is 5.88 Å². The second-order valence-corrected chi connectivity index (χ2v) is 4.40. The minimum Gasteiger partial charge on any atom is -0.496 e. The first-order valence-electron chi connectivity index (χ1n) is 6.07. The van der Waals surface area contributed by atoms with Crippen LogP contribution in [0.2, 0.25) is 0 Å². The van der Waals surface area contributed by atoms with E-state index < -0.39 is 0 Å². The van der Waals surface area contributed by atoms with Crippen molar-refractivity contribution in [2.75, 3.05) is 12.8 Å². The van der Waals surface area contributed by atoms with Gasteiger partial charge in [-0.15, -0.1) is 0 Å². The average Bonchev–Trinajstić information content (AvgIpc) is 3.04. The number of para-hydroxylation sites is 1. The fourth-order valence-electron chi connectivity index (χ4n) is 2.12. The summed E-state index contributed by atoms with van der Waals surface area (Å²) in [5, 5.41) is 4.02. The third-order valence-corrected chi connectivity index (χ3v) is 3.04. The quantitative estimate of drug-likeness (QED) is 0.790. The highest BCUT2D eigenvalue weighted by molar-refractivity contribution is 5.88.